The van der Waals surface area contributed by atoms with E-state index in [2.05, 4.69) is 9.97 Å². The molecule has 0 saturated heterocycles. The van der Waals surface area contributed by atoms with Crippen LogP contribution in [0.1, 0.15) is 19.0 Å². The molecule has 4 nitrogen and oxygen atoms in total. The molecule has 0 spiro atoms. The zero-order valence-electron chi connectivity index (χ0n) is 14.2. The molecule has 0 N–H and O–H groups in total. The van der Waals surface area contributed by atoms with Crippen molar-refractivity contribution < 1.29 is 22.4 Å². The second-order valence-corrected chi connectivity index (χ2v) is 6.33. The van der Waals surface area contributed by atoms with Gasteiger partial charge in [-0.15, -0.1) is 0 Å². The van der Waals surface area contributed by atoms with Crippen molar-refractivity contribution in [3.63, 3.8) is 0 Å². The Morgan fingerprint density at radius 3 is 2.58 bits per heavy atom. The monoisotopic (exact) mass is 387 g/mol. The molecular formula is C17H17F4N3OS. The Labute approximate surface area is 152 Å². The smallest absolute Gasteiger partial charge is 0.309 e. The molecule has 140 valence electrons. The SMILES string of the molecule is CCC(=O)N(CCSC)c1ccc(-c2cncc(F)c2)nc1C(F)(F)F. The molecule has 0 atom stereocenters. The summed E-state index contributed by atoms with van der Waals surface area (Å²) in [6.07, 6.45) is -0.711. The number of hydrogen-bond acceptors (Lipinski definition) is 4. The lowest BCUT2D eigenvalue weighted by molar-refractivity contribution is -0.140. The first-order valence-corrected chi connectivity index (χ1v) is 9.15. The second kappa shape index (κ2) is 8.48. The van der Waals surface area contributed by atoms with Crippen molar-refractivity contribution in [3.8, 4) is 11.3 Å². The fourth-order valence-electron chi connectivity index (χ4n) is 2.34. The van der Waals surface area contributed by atoms with Crippen molar-refractivity contribution in [1.29, 1.82) is 0 Å². The van der Waals surface area contributed by atoms with Gasteiger partial charge in [0, 0.05) is 30.5 Å². The third-order valence-corrected chi connectivity index (χ3v) is 4.15. The molecule has 0 aliphatic rings. The number of rotatable bonds is 6. The summed E-state index contributed by atoms with van der Waals surface area (Å²) in [5.74, 6) is -0.616. The number of halogens is 4. The van der Waals surface area contributed by atoms with Gasteiger partial charge >= 0.3 is 6.18 Å². The summed E-state index contributed by atoms with van der Waals surface area (Å²) in [5.41, 5.74) is -1.42. The van der Waals surface area contributed by atoms with Crippen LogP contribution < -0.4 is 4.90 Å². The van der Waals surface area contributed by atoms with Crippen LogP contribution in [-0.2, 0) is 11.0 Å². The van der Waals surface area contributed by atoms with Crippen LogP contribution in [0.4, 0.5) is 23.2 Å². The number of thioether (sulfide) groups is 1. The van der Waals surface area contributed by atoms with Gasteiger partial charge in [-0.1, -0.05) is 6.92 Å². The van der Waals surface area contributed by atoms with Crippen LogP contribution in [0.5, 0.6) is 0 Å². The number of aromatic nitrogens is 2. The molecule has 2 aromatic rings. The fraction of sp³-hybridized carbons (Fsp3) is 0.353. The van der Waals surface area contributed by atoms with E-state index in [1.54, 1.807) is 13.2 Å². The molecule has 9 heteroatoms. The Bertz CT molecular complexity index is 783. The lowest BCUT2D eigenvalue weighted by Crippen LogP contribution is -2.34. The normalized spacial score (nSPS) is 11.5. The molecule has 0 aliphatic carbocycles. The molecule has 0 bridgehead atoms. The van der Waals surface area contributed by atoms with Crippen LogP contribution in [-0.4, -0.2) is 34.4 Å². The first kappa shape index (κ1) is 20.2. The van der Waals surface area contributed by atoms with E-state index in [0.717, 1.165) is 17.2 Å². The number of pyridine rings is 2. The van der Waals surface area contributed by atoms with Crippen LogP contribution in [0.25, 0.3) is 11.3 Å². The number of carbonyl (C=O) groups is 1. The first-order valence-electron chi connectivity index (χ1n) is 7.76. The van der Waals surface area contributed by atoms with E-state index >= 15 is 0 Å². The molecule has 0 aromatic carbocycles. The summed E-state index contributed by atoms with van der Waals surface area (Å²) in [6.45, 7) is 1.72. The standard InChI is InChI=1S/C17H17F4N3OS/c1-3-15(25)24(6-7-26-2)14-5-4-13(23-16(14)17(19,20)21)11-8-12(18)10-22-9-11/h4-5,8-10H,3,6-7H2,1-2H3. The number of alkyl halides is 3. The number of amides is 1. The van der Waals surface area contributed by atoms with Gasteiger partial charge in [-0.2, -0.15) is 24.9 Å². The molecule has 0 aliphatic heterocycles. The van der Waals surface area contributed by atoms with Crippen molar-refractivity contribution >= 4 is 23.4 Å². The zero-order valence-corrected chi connectivity index (χ0v) is 15.0. The van der Waals surface area contributed by atoms with Crippen molar-refractivity contribution in [2.24, 2.45) is 0 Å². The fourth-order valence-corrected chi connectivity index (χ4v) is 2.71. The van der Waals surface area contributed by atoms with Crippen LogP contribution >= 0.6 is 11.8 Å². The summed E-state index contributed by atoms with van der Waals surface area (Å²) in [4.78, 5) is 20.6. The van der Waals surface area contributed by atoms with Gasteiger partial charge in [0.05, 0.1) is 17.6 Å². The highest BCUT2D eigenvalue weighted by Crippen LogP contribution is 2.37. The van der Waals surface area contributed by atoms with Crippen LogP contribution in [0.2, 0.25) is 0 Å². The summed E-state index contributed by atoms with van der Waals surface area (Å²) in [7, 11) is 0. The predicted molar refractivity (Wildman–Crippen MR) is 93.5 cm³/mol. The maximum absolute atomic E-state index is 13.6. The highest BCUT2D eigenvalue weighted by Gasteiger charge is 2.38. The summed E-state index contributed by atoms with van der Waals surface area (Å²) < 4.78 is 54.1. The predicted octanol–water partition coefficient (Wildman–Crippen LogP) is 4.41. The first-order chi connectivity index (χ1) is 12.3. The molecule has 0 saturated carbocycles. The summed E-state index contributed by atoms with van der Waals surface area (Å²) in [5, 5.41) is 0. The maximum atomic E-state index is 13.6. The number of anilines is 1. The molecule has 0 unspecified atom stereocenters. The number of nitrogens with zero attached hydrogens (tertiary/aromatic N) is 3. The molecule has 2 aromatic heterocycles. The van der Waals surface area contributed by atoms with Crippen LogP contribution in [0, 0.1) is 5.82 Å². The minimum absolute atomic E-state index is 0.0677. The van der Waals surface area contributed by atoms with Crippen molar-refractivity contribution in [3.05, 3.63) is 42.1 Å². The van der Waals surface area contributed by atoms with Crippen molar-refractivity contribution in [2.45, 2.75) is 19.5 Å². The van der Waals surface area contributed by atoms with Gasteiger partial charge in [-0.05, 0) is 24.5 Å². The molecule has 2 heterocycles. The van der Waals surface area contributed by atoms with Gasteiger partial charge in [0.1, 0.15) is 5.82 Å². The molecule has 1 amide bonds. The number of carbonyl (C=O) groups excluding carboxylic acids is 1. The molecule has 26 heavy (non-hydrogen) atoms. The Morgan fingerprint density at radius 2 is 2.00 bits per heavy atom. The van der Waals surface area contributed by atoms with Crippen molar-refractivity contribution in [2.75, 3.05) is 23.5 Å². The second-order valence-electron chi connectivity index (χ2n) is 5.35. The van der Waals surface area contributed by atoms with E-state index in [4.69, 9.17) is 0 Å². The minimum Gasteiger partial charge on any atom is -0.309 e. The maximum Gasteiger partial charge on any atom is 0.435 e. The van der Waals surface area contributed by atoms with Crippen LogP contribution in [0.15, 0.2) is 30.6 Å². The van der Waals surface area contributed by atoms with Gasteiger partial charge in [-0.25, -0.2) is 9.37 Å². The van der Waals surface area contributed by atoms with Crippen LogP contribution in [0.3, 0.4) is 0 Å². The van der Waals surface area contributed by atoms with E-state index < -0.39 is 23.6 Å². The molecule has 0 fully saturated rings. The third kappa shape index (κ3) is 4.72. The summed E-state index contributed by atoms with van der Waals surface area (Å²) >= 11 is 1.42. The minimum atomic E-state index is -4.77. The Morgan fingerprint density at radius 1 is 1.27 bits per heavy atom. The third-order valence-electron chi connectivity index (χ3n) is 3.56. The zero-order chi connectivity index (χ0) is 19.3. The largest absolute Gasteiger partial charge is 0.435 e. The highest BCUT2D eigenvalue weighted by atomic mass is 32.2. The van der Waals surface area contributed by atoms with E-state index in [9.17, 15) is 22.4 Å². The lowest BCUT2D eigenvalue weighted by atomic mass is 10.1. The van der Waals surface area contributed by atoms with Crippen molar-refractivity contribution in [1.82, 2.24) is 9.97 Å². The van der Waals surface area contributed by atoms with Gasteiger partial charge < -0.3 is 4.90 Å². The Kier molecular flexibility index (Phi) is 6.57. The highest BCUT2D eigenvalue weighted by molar-refractivity contribution is 7.98. The van der Waals surface area contributed by atoms with Gasteiger partial charge in [0.15, 0.2) is 5.69 Å². The van der Waals surface area contributed by atoms with E-state index in [0.29, 0.717) is 5.75 Å². The quantitative estimate of drug-likeness (QED) is 0.689. The Hall–Kier alpha value is -2.16. The molecule has 2 rings (SSSR count). The molecular weight excluding hydrogens is 370 g/mol. The topological polar surface area (TPSA) is 46.1 Å². The van der Waals surface area contributed by atoms with Gasteiger partial charge in [-0.3, -0.25) is 9.78 Å². The van der Waals surface area contributed by atoms with E-state index in [-0.39, 0.29) is 29.9 Å². The van der Waals surface area contributed by atoms with E-state index in [1.807, 2.05) is 0 Å². The molecule has 0 radical (unpaired) electrons. The average Bonchev–Trinajstić information content (AvgIpc) is 2.61. The van der Waals surface area contributed by atoms with Gasteiger partial charge in [0.2, 0.25) is 5.91 Å². The summed E-state index contributed by atoms with van der Waals surface area (Å²) in [6, 6.07) is 3.58. The Balaban J connectivity index is 2.57. The number of hydrogen-bond donors (Lipinski definition) is 0. The van der Waals surface area contributed by atoms with Gasteiger partial charge in [0.25, 0.3) is 0 Å². The lowest BCUT2D eigenvalue weighted by Gasteiger charge is -2.25. The van der Waals surface area contributed by atoms with E-state index in [1.165, 1.54) is 30.1 Å². The average molecular weight is 387 g/mol.